The maximum Gasteiger partial charge on any atom is 0.149 e. The molecule has 3 nitrogen and oxygen atoms in total. The normalized spacial score (nSPS) is 28.7. The van der Waals surface area contributed by atoms with E-state index in [0.717, 1.165) is 19.4 Å². The van der Waals surface area contributed by atoms with E-state index in [9.17, 15) is 0 Å². The smallest absolute Gasteiger partial charge is 0.149 e. The van der Waals surface area contributed by atoms with Gasteiger partial charge in [0.15, 0.2) is 0 Å². The number of hydrogen-bond donors (Lipinski definition) is 0. The lowest BCUT2D eigenvalue weighted by atomic mass is 9.44. The Bertz CT molecular complexity index is 1660. The van der Waals surface area contributed by atoms with Gasteiger partial charge in [0.05, 0.1) is 11.1 Å². The van der Waals surface area contributed by atoms with E-state index in [1.165, 1.54) is 74.6 Å². The molecule has 2 aliphatic heterocycles. The van der Waals surface area contributed by atoms with Crippen molar-refractivity contribution in [2.45, 2.75) is 91.2 Å². The van der Waals surface area contributed by atoms with Crippen LogP contribution in [0.1, 0.15) is 86.2 Å². The third kappa shape index (κ3) is 2.73. The number of hydrogen-bond acceptors (Lipinski definition) is 2. The van der Waals surface area contributed by atoms with Crippen molar-refractivity contribution in [1.82, 2.24) is 9.47 Å². The molecule has 1 aromatic heterocycles. The first kappa shape index (κ1) is 25.2. The van der Waals surface area contributed by atoms with Crippen molar-refractivity contribution in [3.8, 4) is 5.75 Å². The summed E-state index contributed by atoms with van der Waals surface area (Å²) in [6.07, 6.45) is 5.92. The molecule has 0 radical (unpaired) electrons. The molecule has 4 aromatic rings. The molecule has 1 fully saturated rings. The Morgan fingerprint density at radius 3 is 2.49 bits per heavy atom. The summed E-state index contributed by atoms with van der Waals surface area (Å²) < 4.78 is 9.72. The Hall–Kier alpha value is -2.78. The molecule has 0 N–H and O–H groups in total. The van der Waals surface area contributed by atoms with Gasteiger partial charge >= 0.3 is 0 Å². The van der Waals surface area contributed by atoms with Gasteiger partial charge in [-0.1, -0.05) is 65.0 Å². The SMILES string of the molecule is CC.CC.Cc1ccc2c3c1O[C@H]1c4c(c5c6cccc7c6c(cc5n4C)CC7)C[C@@]4(C)[C@@H](C2)N(C)CC[C@]314. The Labute approximate surface area is 234 Å². The average molecular weight is 521 g/mol. The first-order valence-electron chi connectivity index (χ1n) is 15.5. The molecule has 3 heterocycles. The minimum absolute atomic E-state index is 0.0646. The van der Waals surface area contributed by atoms with Gasteiger partial charge in [-0.2, -0.15) is 0 Å². The summed E-state index contributed by atoms with van der Waals surface area (Å²) in [5.74, 6) is 1.20. The topological polar surface area (TPSA) is 17.4 Å². The highest BCUT2D eigenvalue weighted by atomic mass is 16.5. The largest absolute Gasteiger partial charge is 0.483 e. The van der Waals surface area contributed by atoms with Gasteiger partial charge in [-0.05, 0) is 97.3 Å². The van der Waals surface area contributed by atoms with Crippen LogP contribution < -0.4 is 4.74 Å². The lowest BCUT2D eigenvalue weighted by Gasteiger charge is -2.64. The molecule has 4 atom stereocenters. The molecule has 9 rings (SSSR count). The fraction of sp³-hybridized carbons (Fsp3) is 0.500. The second-order valence-electron chi connectivity index (χ2n) is 12.5. The number of likely N-dealkylation sites (tertiary alicyclic amines) is 1. The van der Waals surface area contributed by atoms with Gasteiger partial charge in [-0.3, -0.25) is 0 Å². The summed E-state index contributed by atoms with van der Waals surface area (Å²) in [6.45, 7) is 14.0. The van der Waals surface area contributed by atoms with Crippen molar-refractivity contribution in [1.29, 1.82) is 0 Å². The van der Waals surface area contributed by atoms with E-state index in [0.29, 0.717) is 6.04 Å². The molecule has 5 aliphatic rings. The number of nitrogens with zero attached hydrogens (tertiary/aromatic N) is 2. The van der Waals surface area contributed by atoms with Gasteiger partial charge < -0.3 is 14.2 Å². The van der Waals surface area contributed by atoms with E-state index in [-0.39, 0.29) is 16.9 Å². The summed E-state index contributed by atoms with van der Waals surface area (Å²) in [5.41, 5.74) is 12.1. The van der Waals surface area contributed by atoms with E-state index < -0.39 is 0 Å². The molecular weight excluding hydrogens is 476 g/mol. The molecule has 3 heteroatoms. The molecule has 0 saturated carbocycles. The van der Waals surface area contributed by atoms with Crippen LogP contribution >= 0.6 is 0 Å². The molecule has 0 amide bonds. The first-order valence-corrected chi connectivity index (χ1v) is 15.5. The van der Waals surface area contributed by atoms with E-state index in [1.54, 1.807) is 11.1 Å². The predicted octanol–water partition coefficient (Wildman–Crippen LogP) is 7.99. The van der Waals surface area contributed by atoms with Crippen molar-refractivity contribution in [2.75, 3.05) is 13.6 Å². The van der Waals surface area contributed by atoms with Crippen LogP contribution in [-0.4, -0.2) is 29.1 Å². The highest BCUT2D eigenvalue weighted by Gasteiger charge is 2.70. The van der Waals surface area contributed by atoms with Crippen LogP contribution in [0.3, 0.4) is 0 Å². The zero-order valence-corrected chi connectivity index (χ0v) is 25.2. The number of benzene rings is 3. The monoisotopic (exact) mass is 520 g/mol. The number of ether oxygens (including phenoxy) is 1. The summed E-state index contributed by atoms with van der Waals surface area (Å²) in [7, 11) is 4.68. The number of rotatable bonds is 0. The lowest BCUT2D eigenvalue weighted by molar-refractivity contribution is -0.0912. The molecule has 1 saturated heterocycles. The Morgan fingerprint density at radius 1 is 0.923 bits per heavy atom. The van der Waals surface area contributed by atoms with E-state index in [4.69, 9.17) is 4.74 Å². The van der Waals surface area contributed by atoms with Crippen molar-refractivity contribution in [2.24, 2.45) is 12.5 Å². The van der Waals surface area contributed by atoms with Crippen molar-refractivity contribution >= 4 is 21.7 Å². The van der Waals surface area contributed by atoms with Gasteiger partial charge in [0.25, 0.3) is 0 Å². The molecular formula is C36H44N2O. The first-order chi connectivity index (χ1) is 18.9. The number of piperidine rings is 1. The number of fused-ring (bicyclic) bond motifs is 5. The molecule has 1 spiro atoms. The lowest BCUT2D eigenvalue weighted by Crippen LogP contribution is -2.68. The standard InChI is InChI=1S/C32H32N2O.2C2H6/c1-17-8-9-20-15-24-31(2)16-22-26-21-7-5-6-18-10-11-19(25(18)21)14-23(26)34(4)28(22)30-32(31,12-13-33(24)3)27(20)29(17)35-30;2*1-2/h5-9,14,24,30H,10-13,15-16H2,1-4H3;2*1-2H3/t24-,30+,31+,32+;;/m1../s1. The van der Waals surface area contributed by atoms with Crippen molar-refractivity contribution < 1.29 is 4.74 Å². The van der Waals surface area contributed by atoms with Gasteiger partial charge in [0, 0.05) is 35.0 Å². The van der Waals surface area contributed by atoms with Crippen molar-refractivity contribution in [3.05, 3.63) is 75.5 Å². The third-order valence-electron chi connectivity index (χ3n) is 11.2. The Kier molecular flexibility index (Phi) is 5.41. The Balaban J connectivity index is 0.000000608. The second-order valence-corrected chi connectivity index (χ2v) is 12.5. The number of aryl methyl sites for hydroxylation is 4. The quantitative estimate of drug-likeness (QED) is 0.234. The fourth-order valence-corrected chi connectivity index (χ4v) is 9.69. The van der Waals surface area contributed by atoms with E-state index in [1.807, 2.05) is 27.7 Å². The van der Waals surface area contributed by atoms with Crippen LogP contribution in [0.4, 0.5) is 0 Å². The van der Waals surface area contributed by atoms with Crippen LogP contribution in [0, 0.1) is 12.3 Å². The van der Waals surface area contributed by atoms with Crippen LogP contribution in [0.2, 0.25) is 0 Å². The predicted molar refractivity (Wildman–Crippen MR) is 163 cm³/mol. The highest BCUT2D eigenvalue weighted by Crippen LogP contribution is 2.71. The molecule has 204 valence electrons. The zero-order valence-electron chi connectivity index (χ0n) is 25.2. The van der Waals surface area contributed by atoms with Gasteiger partial charge in [0.1, 0.15) is 11.9 Å². The summed E-state index contributed by atoms with van der Waals surface area (Å²) in [6, 6.07) is 14.8. The molecule has 2 bridgehead atoms. The molecule has 39 heavy (non-hydrogen) atoms. The molecule has 3 aliphatic carbocycles. The van der Waals surface area contributed by atoms with E-state index in [2.05, 4.69) is 73.8 Å². The molecule has 3 aromatic carbocycles. The van der Waals surface area contributed by atoms with Crippen LogP contribution in [0.15, 0.2) is 36.4 Å². The maximum absolute atomic E-state index is 7.19. The minimum Gasteiger partial charge on any atom is -0.483 e. The van der Waals surface area contributed by atoms with Gasteiger partial charge in [0.2, 0.25) is 0 Å². The highest BCUT2D eigenvalue weighted by molar-refractivity contribution is 6.12. The average Bonchev–Trinajstić information content (AvgIpc) is 3.61. The van der Waals surface area contributed by atoms with Crippen LogP contribution in [0.25, 0.3) is 21.7 Å². The summed E-state index contributed by atoms with van der Waals surface area (Å²) >= 11 is 0. The fourth-order valence-electron chi connectivity index (χ4n) is 9.69. The molecule has 0 unspecified atom stereocenters. The van der Waals surface area contributed by atoms with Crippen LogP contribution in [-0.2, 0) is 38.1 Å². The second kappa shape index (κ2) is 8.36. The number of aromatic nitrogens is 1. The zero-order chi connectivity index (χ0) is 27.4. The third-order valence-corrected chi connectivity index (χ3v) is 11.2. The van der Waals surface area contributed by atoms with Gasteiger partial charge in [-0.15, -0.1) is 0 Å². The van der Waals surface area contributed by atoms with E-state index >= 15 is 0 Å². The van der Waals surface area contributed by atoms with Crippen molar-refractivity contribution in [3.63, 3.8) is 0 Å². The van der Waals surface area contributed by atoms with Gasteiger partial charge in [-0.25, -0.2) is 0 Å². The van der Waals surface area contributed by atoms with Crippen LogP contribution in [0.5, 0.6) is 5.75 Å². The maximum atomic E-state index is 7.19. The minimum atomic E-state index is 0.0646. The summed E-state index contributed by atoms with van der Waals surface area (Å²) in [5, 5.41) is 4.52. The number of likely N-dealkylation sites (N-methyl/N-ethyl adjacent to an activating group) is 1. The Morgan fingerprint density at radius 2 is 1.69 bits per heavy atom. The summed E-state index contributed by atoms with van der Waals surface area (Å²) in [4.78, 5) is 2.67.